The molecule has 0 aromatic rings. The van der Waals surface area contributed by atoms with Crippen LogP contribution in [0.3, 0.4) is 0 Å². The van der Waals surface area contributed by atoms with Gasteiger partial charge >= 0.3 is 6.03 Å². The second kappa shape index (κ2) is 5.23. The zero-order chi connectivity index (χ0) is 10.6. The highest BCUT2D eigenvalue weighted by Gasteiger charge is 2.30. The van der Waals surface area contributed by atoms with E-state index in [1.54, 1.807) is 0 Å². The van der Waals surface area contributed by atoms with Crippen LogP contribution in [-0.2, 0) is 0 Å². The Morgan fingerprint density at radius 1 is 1.36 bits per heavy atom. The molecule has 1 rings (SSSR count). The van der Waals surface area contributed by atoms with E-state index >= 15 is 0 Å². The molecule has 3 nitrogen and oxygen atoms in total. The Morgan fingerprint density at radius 3 is 2.57 bits per heavy atom. The van der Waals surface area contributed by atoms with Gasteiger partial charge in [0.05, 0.1) is 0 Å². The summed E-state index contributed by atoms with van der Waals surface area (Å²) in [6.07, 6.45) is 3.35. The van der Waals surface area contributed by atoms with Gasteiger partial charge in [-0.2, -0.15) is 0 Å². The largest absolute Gasteiger partial charge is 0.338 e. The fraction of sp³-hybridized carbons (Fsp3) is 0.909. The monoisotopic (exact) mass is 198 g/mol. The lowest BCUT2D eigenvalue weighted by atomic mass is 9.98. The predicted octanol–water partition coefficient (Wildman–Crippen LogP) is 2.13. The van der Waals surface area contributed by atoms with Crippen LogP contribution in [0.5, 0.6) is 0 Å². The molecule has 14 heavy (non-hydrogen) atoms. The molecule has 0 saturated heterocycles. The van der Waals surface area contributed by atoms with Gasteiger partial charge in [0.15, 0.2) is 0 Å². The lowest BCUT2D eigenvalue weighted by Gasteiger charge is -2.19. The fourth-order valence-corrected chi connectivity index (χ4v) is 2.03. The molecule has 1 aliphatic rings. The van der Waals surface area contributed by atoms with Crippen molar-refractivity contribution in [1.29, 1.82) is 0 Å². The van der Waals surface area contributed by atoms with Gasteiger partial charge in [-0.25, -0.2) is 4.79 Å². The van der Waals surface area contributed by atoms with E-state index in [2.05, 4.69) is 31.4 Å². The number of amides is 2. The first-order valence-electron chi connectivity index (χ1n) is 5.69. The Hall–Kier alpha value is -0.730. The molecule has 1 fully saturated rings. The summed E-state index contributed by atoms with van der Waals surface area (Å²) in [5.74, 6) is 1.36. The van der Waals surface area contributed by atoms with Crippen molar-refractivity contribution in [2.45, 2.75) is 46.1 Å². The summed E-state index contributed by atoms with van der Waals surface area (Å²) in [6.45, 7) is 7.31. The summed E-state index contributed by atoms with van der Waals surface area (Å²) in [6, 6.07) is 0.375. The van der Waals surface area contributed by atoms with E-state index in [9.17, 15) is 4.79 Å². The molecule has 3 unspecified atom stereocenters. The van der Waals surface area contributed by atoms with Crippen LogP contribution in [0.4, 0.5) is 4.79 Å². The minimum atomic E-state index is -0.00204. The molecule has 2 N–H and O–H groups in total. The maximum Gasteiger partial charge on any atom is 0.315 e. The normalized spacial score (nSPS) is 31.5. The van der Waals surface area contributed by atoms with Gasteiger partial charge in [-0.1, -0.05) is 20.8 Å². The van der Waals surface area contributed by atoms with Gasteiger partial charge in [-0.3, -0.25) is 0 Å². The average Bonchev–Trinajstić information content (AvgIpc) is 2.46. The Morgan fingerprint density at radius 2 is 2.07 bits per heavy atom. The number of rotatable bonds is 3. The van der Waals surface area contributed by atoms with Crippen molar-refractivity contribution in [2.75, 3.05) is 6.54 Å². The Kier molecular flexibility index (Phi) is 4.23. The molecule has 1 saturated carbocycles. The summed E-state index contributed by atoms with van der Waals surface area (Å²) in [5, 5.41) is 5.89. The maximum absolute atomic E-state index is 11.4. The van der Waals surface area contributed by atoms with Crippen molar-refractivity contribution in [1.82, 2.24) is 10.6 Å². The van der Waals surface area contributed by atoms with Crippen molar-refractivity contribution >= 4 is 6.03 Å². The summed E-state index contributed by atoms with van der Waals surface area (Å²) >= 11 is 0. The van der Waals surface area contributed by atoms with E-state index in [0.29, 0.717) is 12.0 Å². The molecule has 0 aromatic carbocycles. The van der Waals surface area contributed by atoms with E-state index in [1.807, 2.05) is 0 Å². The van der Waals surface area contributed by atoms with Gasteiger partial charge < -0.3 is 10.6 Å². The quantitative estimate of drug-likeness (QED) is 0.716. The third-order valence-corrected chi connectivity index (χ3v) is 3.32. The standard InChI is InChI=1S/C11H22N2O/c1-4-7-12-11(14)13-10-6-5-8(2)9(10)3/h8-10H,4-7H2,1-3H3,(H2,12,13,14). The van der Waals surface area contributed by atoms with Gasteiger partial charge in [0.1, 0.15) is 0 Å². The SMILES string of the molecule is CCCNC(=O)NC1CCC(C)C1C. The van der Waals surface area contributed by atoms with Gasteiger partial charge in [-0.05, 0) is 31.1 Å². The van der Waals surface area contributed by atoms with E-state index in [-0.39, 0.29) is 6.03 Å². The Bertz CT molecular complexity index is 194. The first-order valence-corrected chi connectivity index (χ1v) is 5.69. The second-order valence-electron chi connectivity index (χ2n) is 4.42. The number of carbonyl (C=O) groups is 1. The number of hydrogen-bond donors (Lipinski definition) is 2. The molecule has 0 radical (unpaired) electrons. The lowest BCUT2D eigenvalue weighted by Crippen LogP contribution is -2.43. The van der Waals surface area contributed by atoms with Crippen molar-refractivity contribution in [3.63, 3.8) is 0 Å². The number of urea groups is 1. The smallest absolute Gasteiger partial charge is 0.315 e. The van der Waals surface area contributed by atoms with E-state index in [0.717, 1.165) is 25.3 Å². The number of hydrogen-bond acceptors (Lipinski definition) is 1. The molecule has 0 spiro atoms. The van der Waals surface area contributed by atoms with Crippen LogP contribution in [-0.4, -0.2) is 18.6 Å². The lowest BCUT2D eigenvalue weighted by molar-refractivity contribution is 0.233. The zero-order valence-corrected chi connectivity index (χ0v) is 9.47. The molecule has 3 atom stereocenters. The van der Waals surface area contributed by atoms with E-state index in [1.165, 1.54) is 6.42 Å². The third kappa shape index (κ3) is 2.89. The van der Waals surface area contributed by atoms with Crippen LogP contribution >= 0.6 is 0 Å². The number of carbonyl (C=O) groups excluding carboxylic acids is 1. The third-order valence-electron chi connectivity index (χ3n) is 3.32. The molecule has 0 heterocycles. The van der Waals surface area contributed by atoms with Crippen LogP contribution in [0.1, 0.15) is 40.0 Å². The first kappa shape index (κ1) is 11.3. The molecule has 1 aliphatic carbocycles. The minimum absolute atomic E-state index is 0.00204. The van der Waals surface area contributed by atoms with Crippen molar-refractivity contribution in [2.24, 2.45) is 11.8 Å². The van der Waals surface area contributed by atoms with E-state index < -0.39 is 0 Å². The van der Waals surface area contributed by atoms with Crippen molar-refractivity contribution < 1.29 is 4.79 Å². The zero-order valence-electron chi connectivity index (χ0n) is 9.47. The fourth-order valence-electron chi connectivity index (χ4n) is 2.03. The van der Waals surface area contributed by atoms with Crippen LogP contribution in [0.2, 0.25) is 0 Å². The molecule has 0 aromatic heterocycles. The van der Waals surface area contributed by atoms with E-state index in [4.69, 9.17) is 0 Å². The molecular weight excluding hydrogens is 176 g/mol. The molecular formula is C11H22N2O. The van der Waals surface area contributed by atoms with Gasteiger partial charge in [-0.15, -0.1) is 0 Å². The average molecular weight is 198 g/mol. The number of nitrogens with one attached hydrogen (secondary N) is 2. The highest BCUT2D eigenvalue weighted by atomic mass is 16.2. The summed E-state index contributed by atoms with van der Waals surface area (Å²) < 4.78 is 0. The van der Waals surface area contributed by atoms with Gasteiger partial charge in [0.2, 0.25) is 0 Å². The molecule has 82 valence electrons. The van der Waals surface area contributed by atoms with Gasteiger partial charge in [0.25, 0.3) is 0 Å². The summed E-state index contributed by atoms with van der Waals surface area (Å²) in [5.41, 5.74) is 0. The van der Waals surface area contributed by atoms with Crippen LogP contribution in [0, 0.1) is 11.8 Å². The predicted molar refractivity (Wildman–Crippen MR) is 58.2 cm³/mol. The van der Waals surface area contributed by atoms with Crippen LogP contribution < -0.4 is 10.6 Å². The van der Waals surface area contributed by atoms with Gasteiger partial charge in [0, 0.05) is 12.6 Å². The topological polar surface area (TPSA) is 41.1 Å². The maximum atomic E-state index is 11.4. The highest BCUT2D eigenvalue weighted by Crippen LogP contribution is 2.30. The second-order valence-corrected chi connectivity index (χ2v) is 4.42. The highest BCUT2D eigenvalue weighted by molar-refractivity contribution is 5.74. The minimum Gasteiger partial charge on any atom is -0.338 e. The van der Waals surface area contributed by atoms with Crippen LogP contribution in [0.15, 0.2) is 0 Å². The molecule has 2 amide bonds. The molecule has 3 heteroatoms. The molecule has 0 bridgehead atoms. The molecule has 0 aliphatic heterocycles. The Labute approximate surface area is 86.6 Å². The van der Waals surface area contributed by atoms with Crippen molar-refractivity contribution in [3.8, 4) is 0 Å². The first-order chi connectivity index (χ1) is 6.65. The summed E-state index contributed by atoms with van der Waals surface area (Å²) in [4.78, 5) is 11.4. The summed E-state index contributed by atoms with van der Waals surface area (Å²) in [7, 11) is 0. The van der Waals surface area contributed by atoms with Crippen molar-refractivity contribution in [3.05, 3.63) is 0 Å². The Balaban J connectivity index is 2.27. The van der Waals surface area contributed by atoms with Crippen LogP contribution in [0.25, 0.3) is 0 Å².